The number of ether oxygens (including phenoxy) is 1. The molecule has 12 heteroatoms. The normalized spacial score (nSPS) is 21.1. The van der Waals surface area contributed by atoms with Crippen LogP contribution < -0.4 is 15.8 Å². The van der Waals surface area contributed by atoms with Crippen LogP contribution in [-0.2, 0) is 4.79 Å². The van der Waals surface area contributed by atoms with Crippen molar-refractivity contribution in [1.29, 1.82) is 5.26 Å². The van der Waals surface area contributed by atoms with Crippen LogP contribution >= 0.6 is 0 Å². The number of carbonyl (C=O) groups excluding carboxylic acids is 1. The lowest BCUT2D eigenvalue weighted by Crippen LogP contribution is -2.60. The number of nitrogens with zero attached hydrogens (tertiary/aromatic N) is 7. The van der Waals surface area contributed by atoms with E-state index in [1.807, 2.05) is 32.0 Å². The molecule has 3 N–H and O–H groups in total. The quantitative estimate of drug-likeness (QED) is 0.210. The highest BCUT2D eigenvalue weighted by atomic mass is 19.1. The Bertz CT molecular complexity index is 1850. The van der Waals surface area contributed by atoms with Gasteiger partial charge in [-0.25, -0.2) is 19.0 Å². The number of benzene rings is 2. The lowest BCUT2D eigenvalue weighted by Gasteiger charge is -2.46. The number of piperazine rings is 1. The largest absolute Gasteiger partial charge is 0.457 e. The number of para-hydroxylation sites is 1. The summed E-state index contributed by atoms with van der Waals surface area (Å²) in [6.07, 6.45) is 4.57. The first-order chi connectivity index (χ1) is 22.6. The molecule has 3 atom stereocenters. The Morgan fingerprint density at radius 1 is 1.15 bits per heavy atom. The fourth-order valence-electron chi connectivity index (χ4n) is 6.73. The number of carbonyl (C=O) groups is 1. The smallest absolute Gasteiger partial charge is 0.264 e. The van der Waals surface area contributed by atoms with Crippen LogP contribution in [-0.4, -0.2) is 79.3 Å². The van der Waals surface area contributed by atoms with Crippen molar-refractivity contribution in [2.45, 2.75) is 64.2 Å². The monoisotopic (exact) mass is 637 g/mol. The van der Waals surface area contributed by atoms with E-state index in [1.54, 1.807) is 39.9 Å². The van der Waals surface area contributed by atoms with Crippen molar-refractivity contribution in [1.82, 2.24) is 34.9 Å². The molecule has 0 aliphatic carbocycles. The van der Waals surface area contributed by atoms with Crippen LogP contribution in [0.1, 0.15) is 46.6 Å². The molecule has 0 radical (unpaired) electrons. The summed E-state index contributed by atoms with van der Waals surface area (Å²) in [6.45, 7) is 10.9. The second kappa shape index (κ2) is 13.1. The molecule has 2 aromatic heterocycles. The molecule has 2 saturated heterocycles. The van der Waals surface area contributed by atoms with E-state index in [-0.39, 0.29) is 34.9 Å². The summed E-state index contributed by atoms with van der Waals surface area (Å²) in [4.78, 5) is 26.5. The van der Waals surface area contributed by atoms with Crippen molar-refractivity contribution in [3.8, 4) is 28.8 Å². The summed E-state index contributed by atoms with van der Waals surface area (Å²) in [7, 11) is 0. The predicted molar refractivity (Wildman–Crippen MR) is 178 cm³/mol. The third-order valence-electron chi connectivity index (χ3n) is 9.08. The molecule has 1 amide bonds. The molecule has 2 aliphatic heterocycles. The van der Waals surface area contributed by atoms with Gasteiger partial charge in [0.25, 0.3) is 5.91 Å². The lowest BCUT2D eigenvalue weighted by atomic mass is 9.94. The second-order valence-electron chi connectivity index (χ2n) is 13.0. The molecular formula is C35H40FN9O2. The van der Waals surface area contributed by atoms with Crippen molar-refractivity contribution in [2.75, 3.05) is 31.9 Å². The van der Waals surface area contributed by atoms with Crippen LogP contribution in [0.3, 0.4) is 0 Å². The predicted octanol–water partition coefficient (Wildman–Crippen LogP) is 5.08. The van der Waals surface area contributed by atoms with Gasteiger partial charge in [0.15, 0.2) is 5.65 Å². The first kappa shape index (κ1) is 32.1. The van der Waals surface area contributed by atoms with E-state index >= 15 is 4.39 Å². The number of halogens is 1. The molecule has 4 heterocycles. The number of likely N-dealkylation sites (tertiary alicyclic amines) is 1. The van der Waals surface area contributed by atoms with Gasteiger partial charge in [-0.3, -0.25) is 9.69 Å². The van der Waals surface area contributed by atoms with Crippen molar-refractivity contribution in [3.05, 3.63) is 72.3 Å². The Kier molecular flexibility index (Phi) is 8.94. The SMILES string of the molecule is C[C@@H]1CN(C(C)(C)/C=C(/C#N)C(=O)N2CCC[C@@H](n3nc(-c4ccc(Oc5ccccc5)cc4F)c4c(N)ncnc43)C2)[C@@H](C)CN1. The molecule has 0 saturated carbocycles. The van der Waals surface area contributed by atoms with Crippen molar-refractivity contribution in [2.24, 2.45) is 0 Å². The maximum atomic E-state index is 15.7. The van der Waals surface area contributed by atoms with Gasteiger partial charge in [0, 0.05) is 55.4 Å². The molecular weight excluding hydrogens is 597 g/mol. The topological polar surface area (TPSA) is 138 Å². The number of aromatic nitrogens is 4. The zero-order chi connectivity index (χ0) is 33.3. The molecule has 0 spiro atoms. The van der Waals surface area contributed by atoms with Gasteiger partial charge in [-0.1, -0.05) is 18.2 Å². The van der Waals surface area contributed by atoms with E-state index in [9.17, 15) is 10.1 Å². The molecule has 6 rings (SSSR count). The average Bonchev–Trinajstić information content (AvgIpc) is 3.45. The first-order valence-corrected chi connectivity index (χ1v) is 16.0. The summed E-state index contributed by atoms with van der Waals surface area (Å²) in [5.74, 6) is 0.268. The minimum atomic E-state index is -0.534. The number of nitriles is 1. The van der Waals surface area contributed by atoms with Crippen LogP contribution in [0.25, 0.3) is 22.3 Å². The zero-order valence-electron chi connectivity index (χ0n) is 27.2. The van der Waals surface area contributed by atoms with E-state index < -0.39 is 11.4 Å². The second-order valence-corrected chi connectivity index (χ2v) is 13.0. The highest BCUT2D eigenvalue weighted by Gasteiger charge is 2.36. The van der Waals surface area contributed by atoms with E-state index in [1.165, 1.54) is 12.4 Å². The summed E-state index contributed by atoms with van der Waals surface area (Å²) in [5, 5.41) is 18.9. The minimum Gasteiger partial charge on any atom is -0.457 e. The lowest BCUT2D eigenvalue weighted by molar-refractivity contribution is -0.128. The zero-order valence-corrected chi connectivity index (χ0v) is 27.2. The highest BCUT2D eigenvalue weighted by molar-refractivity contribution is 5.99. The summed E-state index contributed by atoms with van der Waals surface area (Å²) < 4.78 is 23.2. The van der Waals surface area contributed by atoms with Gasteiger partial charge in [-0.15, -0.1) is 0 Å². The van der Waals surface area contributed by atoms with Crippen LogP contribution in [0, 0.1) is 17.1 Å². The Hall–Kier alpha value is -4.86. The third kappa shape index (κ3) is 6.54. The van der Waals surface area contributed by atoms with Crippen molar-refractivity contribution in [3.63, 3.8) is 0 Å². The van der Waals surface area contributed by atoms with Gasteiger partial charge < -0.3 is 20.7 Å². The van der Waals surface area contributed by atoms with Gasteiger partial charge in [-0.2, -0.15) is 10.4 Å². The number of hydrogen-bond acceptors (Lipinski definition) is 9. The Balaban J connectivity index is 1.28. The average molecular weight is 638 g/mol. The molecule has 0 unspecified atom stereocenters. The molecule has 2 aromatic carbocycles. The molecule has 4 aromatic rings. The fourth-order valence-corrected chi connectivity index (χ4v) is 6.73. The maximum absolute atomic E-state index is 15.7. The number of fused-ring (bicyclic) bond motifs is 1. The molecule has 2 aliphatic rings. The number of anilines is 1. The van der Waals surface area contributed by atoms with Crippen molar-refractivity contribution >= 4 is 22.8 Å². The fraction of sp³-hybridized carbons (Fsp3) is 0.400. The number of rotatable bonds is 7. The van der Waals surface area contributed by atoms with Crippen molar-refractivity contribution < 1.29 is 13.9 Å². The first-order valence-electron chi connectivity index (χ1n) is 16.0. The summed E-state index contributed by atoms with van der Waals surface area (Å²) >= 11 is 0. The minimum absolute atomic E-state index is 0.117. The molecule has 11 nitrogen and oxygen atoms in total. The standard InChI is InChI=1S/C35H40FN9O2/c1-22-19-44(23(2)18-39-22)35(3,4)16-24(17-37)34(46)43-14-8-9-25(20-43)45-33-30(32(38)40-21-41-33)31(42-45)28-13-12-27(15-29(28)36)47-26-10-6-5-7-11-26/h5-7,10-13,15-16,21-23,25,39H,8-9,14,18-20H2,1-4H3,(H2,38,40,41)/b24-16-/t22-,23+,25-/m1/s1. The molecule has 47 heavy (non-hydrogen) atoms. The Morgan fingerprint density at radius 2 is 1.94 bits per heavy atom. The number of hydrogen-bond donors (Lipinski definition) is 2. The molecule has 0 bridgehead atoms. The van der Waals surface area contributed by atoms with E-state index in [0.717, 1.165) is 13.1 Å². The number of nitrogens with one attached hydrogen (secondary N) is 1. The Labute approximate surface area is 273 Å². The number of nitrogens with two attached hydrogens (primary N) is 1. The van der Waals surface area contributed by atoms with Gasteiger partial charge in [0.2, 0.25) is 0 Å². The number of amides is 1. The molecule has 244 valence electrons. The van der Waals surface area contributed by atoms with Gasteiger partial charge in [-0.05, 0) is 70.9 Å². The van der Waals surface area contributed by atoms with E-state index in [2.05, 4.69) is 40.1 Å². The molecule has 2 fully saturated rings. The number of nitrogen functional groups attached to an aromatic ring is 1. The maximum Gasteiger partial charge on any atom is 0.264 e. The van der Waals surface area contributed by atoms with Crippen LogP contribution in [0.4, 0.5) is 10.2 Å². The van der Waals surface area contributed by atoms with Crippen LogP contribution in [0.5, 0.6) is 11.5 Å². The van der Waals surface area contributed by atoms with Gasteiger partial charge in [0.1, 0.15) is 46.8 Å². The summed E-state index contributed by atoms with van der Waals surface area (Å²) in [6, 6.07) is 16.2. The van der Waals surface area contributed by atoms with Crippen LogP contribution in [0.15, 0.2) is 66.5 Å². The number of piperidine rings is 1. The van der Waals surface area contributed by atoms with Gasteiger partial charge in [0.05, 0.1) is 11.4 Å². The third-order valence-corrected chi connectivity index (χ3v) is 9.08. The highest BCUT2D eigenvalue weighted by Crippen LogP contribution is 2.36. The summed E-state index contributed by atoms with van der Waals surface area (Å²) in [5.41, 5.74) is 6.93. The Morgan fingerprint density at radius 3 is 2.68 bits per heavy atom. The van der Waals surface area contributed by atoms with Gasteiger partial charge >= 0.3 is 0 Å². The van der Waals surface area contributed by atoms with Crippen LogP contribution in [0.2, 0.25) is 0 Å². The van der Waals surface area contributed by atoms with E-state index in [0.29, 0.717) is 60.2 Å². The van der Waals surface area contributed by atoms with E-state index in [4.69, 9.17) is 15.6 Å².